The van der Waals surface area contributed by atoms with Gasteiger partial charge >= 0.3 is 0 Å². The molecule has 1 heterocycles. The number of ether oxygens (including phenoxy) is 1. The third kappa shape index (κ3) is 5.18. The van der Waals surface area contributed by atoms with Gasteiger partial charge < -0.3 is 15.4 Å². The van der Waals surface area contributed by atoms with E-state index in [-0.39, 0.29) is 29.8 Å². The molecule has 4 nitrogen and oxygen atoms in total. The molecular formula is C17H27ClN2O2. The van der Waals surface area contributed by atoms with Crippen molar-refractivity contribution in [1.29, 1.82) is 0 Å². The van der Waals surface area contributed by atoms with Gasteiger partial charge in [-0.15, -0.1) is 12.4 Å². The molecule has 2 unspecified atom stereocenters. The molecule has 1 amide bonds. The molecule has 0 aliphatic carbocycles. The molecule has 0 bridgehead atoms. The van der Waals surface area contributed by atoms with Gasteiger partial charge in [0.15, 0.2) is 6.10 Å². The molecule has 0 radical (unpaired) electrons. The monoisotopic (exact) mass is 326 g/mol. The van der Waals surface area contributed by atoms with Crippen molar-refractivity contribution in [3.8, 4) is 5.75 Å². The van der Waals surface area contributed by atoms with E-state index < -0.39 is 6.10 Å². The van der Waals surface area contributed by atoms with E-state index in [9.17, 15) is 4.79 Å². The maximum Gasteiger partial charge on any atom is 0.261 e. The zero-order valence-corrected chi connectivity index (χ0v) is 14.6. The minimum atomic E-state index is -0.480. The van der Waals surface area contributed by atoms with Gasteiger partial charge in [-0.25, -0.2) is 0 Å². The fourth-order valence-electron chi connectivity index (χ4n) is 2.39. The summed E-state index contributed by atoms with van der Waals surface area (Å²) in [6, 6.07) is 8.21. The minimum Gasteiger partial charge on any atom is -0.481 e. The highest BCUT2D eigenvalue weighted by molar-refractivity contribution is 5.85. The van der Waals surface area contributed by atoms with Crippen LogP contribution in [0.4, 0.5) is 0 Å². The Morgan fingerprint density at radius 1 is 1.32 bits per heavy atom. The van der Waals surface area contributed by atoms with Crippen molar-refractivity contribution in [1.82, 2.24) is 10.6 Å². The largest absolute Gasteiger partial charge is 0.481 e. The summed E-state index contributed by atoms with van der Waals surface area (Å²) in [5.41, 5.74) is 1.38. The number of hydrogen-bond donors (Lipinski definition) is 2. The molecule has 1 aliphatic rings. The zero-order valence-electron chi connectivity index (χ0n) is 13.8. The number of benzene rings is 1. The first kappa shape index (κ1) is 18.8. The zero-order chi connectivity index (χ0) is 15.5. The van der Waals surface area contributed by atoms with Crippen LogP contribution in [0.5, 0.6) is 5.75 Å². The number of nitrogens with one attached hydrogen (secondary N) is 2. The van der Waals surface area contributed by atoms with Gasteiger partial charge in [0.25, 0.3) is 5.91 Å². The molecule has 124 valence electrons. The van der Waals surface area contributed by atoms with Gasteiger partial charge in [0.2, 0.25) is 0 Å². The standard InChI is InChI=1S/C17H26N2O2.ClH/c1-12(16(20)19-14-9-10-18-11-14)21-15-7-5-13(6-8-15)17(2,3)4;/h5-8,12,14,18H,9-11H2,1-4H3,(H,19,20);1H. The lowest BCUT2D eigenvalue weighted by atomic mass is 9.87. The molecule has 0 spiro atoms. The van der Waals surface area contributed by atoms with Crippen LogP contribution >= 0.6 is 12.4 Å². The molecule has 2 N–H and O–H groups in total. The molecule has 1 saturated heterocycles. The number of amides is 1. The van der Waals surface area contributed by atoms with E-state index >= 15 is 0 Å². The maximum absolute atomic E-state index is 12.1. The molecule has 0 saturated carbocycles. The Morgan fingerprint density at radius 3 is 2.45 bits per heavy atom. The second kappa shape index (κ2) is 7.84. The molecule has 2 atom stereocenters. The normalized spacial score (nSPS) is 19.2. The Balaban J connectivity index is 0.00000242. The molecular weight excluding hydrogens is 300 g/mol. The first-order valence-corrected chi connectivity index (χ1v) is 7.64. The Morgan fingerprint density at radius 2 is 1.95 bits per heavy atom. The fourth-order valence-corrected chi connectivity index (χ4v) is 2.39. The Labute approximate surface area is 139 Å². The van der Waals surface area contributed by atoms with E-state index in [1.54, 1.807) is 6.92 Å². The quantitative estimate of drug-likeness (QED) is 0.894. The Hall–Kier alpha value is -1.26. The van der Waals surface area contributed by atoms with Crippen molar-refractivity contribution in [2.45, 2.75) is 51.7 Å². The van der Waals surface area contributed by atoms with Gasteiger partial charge in [0.1, 0.15) is 5.75 Å². The van der Waals surface area contributed by atoms with Crippen LogP contribution in [-0.2, 0) is 10.2 Å². The molecule has 1 aromatic rings. The van der Waals surface area contributed by atoms with Gasteiger partial charge in [-0.3, -0.25) is 4.79 Å². The number of hydrogen-bond acceptors (Lipinski definition) is 3. The smallest absolute Gasteiger partial charge is 0.261 e. The van der Waals surface area contributed by atoms with Crippen molar-refractivity contribution in [2.24, 2.45) is 0 Å². The first-order chi connectivity index (χ1) is 9.86. The van der Waals surface area contributed by atoms with Gasteiger partial charge in [-0.2, -0.15) is 0 Å². The van der Waals surface area contributed by atoms with E-state index in [0.717, 1.165) is 25.3 Å². The second-order valence-corrected chi connectivity index (χ2v) is 6.73. The second-order valence-electron chi connectivity index (χ2n) is 6.73. The molecule has 1 fully saturated rings. The SMILES string of the molecule is CC(Oc1ccc(C(C)(C)C)cc1)C(=O)NC1CCNC1.Cl. The van der Waals surface area contributed by atoms with Gasteiger partial charge in [0.05, 0.1) is 0 Å². The van der Waals surface area contributed by atoms with E-state index in [2.05, 4.69) is 43.5 Å². The van der Waals surface area contributed by atoms with Crippen molar-refractivity contribution in [3.63, 3.8) is 0 Å². The summed E-state index contributed by atoms with van der Waals surface area (Å²) >= 11 is 0. The van der Waals surface area contributed by atoms with E-state index in [4.69, 9.17) is 4.74 Å². The lowest BCUT2D eigenvalue weighted by Gasteiger charge is -2.20. The number of carbonyl (C=O) groups is 1. The summed E-state index contributed by atoms with van der Waals surface area (Å²) in [4.78, 5) is 12.1. The van der Waals surface area contributed by atoms with E-state index in [1.807, 2.05) is 12.1 Å². The topological polar surface area (TPSA) is 50.4 Å². The Bertz CT molecular complexity index is 476. The van der Waals surface area contributed by atoms with Gasteiger partial charge in [-0.05, 0) is 43.0 Å². The minimum absolute atomic E-state index is 0. The van der Waals surface area contributed by atoms with E-state index in [0.29, 0.717) is 0 Å². The van der Waals surface area contributed by atoms with Gasteiger partial charge in [-0.1, -0.05) is 32.9 Å². The lowest BCUT2D eigenvalue weighted by Crippen LogP contribution is -2.43. The van der Waals surface area contributed by atoms with Crippen LogP contribution in [0.3, 0.4) is 0 Å². The molecule has 1 aliphatic heterocycles. The molecule has 22 heavy (non-hydrogen) atoms. The summed E-state index contributed by atoms with van der Waals surface area (Å²) in [7, 11) is 0. The van der Waals surface area contributed by atoms with Crippen molar-refractivity contribution >= 4 is 18.3 Å². The molecule has 0 aromatic heterocycles. The van der Waals surface area contributed by atoms with Crippen molar-refractivity contribution < 1.29 is 9.53 Å². The van der Waals surface area contributed by atoms with Crippen LogP contribution < -0.4 is 15.4 Å². The Kier molecular flexibility index (Phi) is 6.69. The molecule has 1 aromatic carbocycles. The highest BCUT2D eigenvalue weighted by Crippen LogP contribution is 2.24. The first-order valence-electron chi connectivity index (χ1n) is 7.64. The molecule has 5 heteroatoms. The van der Waals surface area contributed by atoms with Gasteiger partial charge in [0, 0.05) is 12.6 Å². The van der Waals surface area contributed by atoms with Crippen LogP contribution in [0, 0.1) is 0 Å². The lowest BCUT2D eigenvalue weighted by molar-refractivity contribution is -0.127. The summed E-state index contributed by atoms with van der Waals surface area (Å²) < 4.78 is 5.72. The molecule has 2 rings (SSSR count). The number of carbonyl (C=O) groups excluding carboxylic acids is 1. The summed E-state index contributed by atoms with van der Waals surface area (Å²) in [6.45, 7) is 10.1. The predicted octanol–water partition coefficient (Wildman–Crippen LogP) is 2.65. The third-order valence-electron chi connectivity index (χ3n) is 3.81. The summed E-state index contributed by atoms with van der Waals surface area (Å²) in [5, 5.41) is 6.24. The number of rotatable bonds is 4. The highest BCUT2D eigenvalue weighted by atomic mass is 35.5. The van der Waals surface area contributed by atoms with Crippen LogP contribution in [0.1, 0.15) is 39.7 Å². The average Bonchev–Trinajstić information content (AvgIpc) is 2.91. The van der Waals surface area contributed by atoms with Crippen molar-refractivity contribution in [2.75, 3.05) is 13.1 Å². The fraction of sp³-hybridized carbons (Fsp3) is 0.588. The van der Waals surface area contributed by atoms with Crippen LogP contribution in [-0.4, -0.2) is 31.1 Å². The van der Waals surface area contributed by atoms with E-state index in [1.165, 1.54) is 5.56 Å². The highest BCUT2D eigenvalue weighted by Gasteiger charge is 2.21. The van der Waals surface area contributed by atoms with Crippen molar-refractivity contribution in [3.05, 3.63) is 29.8 Å². The summed E-state index contributed by atoms with van der Waals surface area (Å²) in [5.74, 6) is 0.679. The van der Waals surface area contributed by atoms with Crippen LogP contribution in [0.25, 0.3) is 0 Å². The predicted molar refractivity (Wildman–Crippen MR) is 91.9 cm³/mol. The summed E-state index contributed by atoms with van der Waals surface area (Å²) in [6.07, 6.45) is 0.504. The third-order valence-corrected chi connectivity index (χ3v) is 3.81. The number of halogens is 1. The van der Waals surface area contributed by atoms with Crippen LogP contribution in [0.2, 0.25) is 0 Å². The average molecular weight is 327 g/mol. The maximum atomic E-state index is 12.1. The van der Waals surface area contributed by atoms with Crippen LogP contribution in [0.15, 0.2) is 24.3 Å².